The summed E-state index contributed by atoms with van der Waals surface area (Å²) in [7, 11) is 1.57. The standard InChI is InChI=1S/C28H39N3O5/c1-18-11-10-12-19(2)23(18)24(25(33)30-20-13-15-21(35-9)16-14-20)31(27(3,4)5)22(32)17-29-26(34)36-28(6,7)8/h10-16,24H,17H2,1-9H3,(H,29,34)(H,30,33). The lowest BCUT2D eigenvalue weighted by atomic mass is 9.90. The molecule has 0 saturated heterocycles. The Kier molecular flexibility index (Phi) is 9.13. The van der Waals surface area contributed by atoms with E-state index in [0.29, 0.717) is 11.4 Å². The first-order valence-electron chi connectivity index (χ1n) is 11.9. The molecule has 1 unspecified atom stereocenters. The van der Waals surface area contributed by atoms with Crippen LogP contribution < -0.4 is 15.4 Å². The van der Waals surface area contributed by atoms with Crippen LogP contribution >= 0.6 is 0 Å². The first kappa shape index (κ1) is 28.7. The number of nitrogens with one attached hydrogen (secondary N) is 2. The van der Waals surface area contributed by atoms with E-state index in [1.165, 1.54) is 4.90 Å². The number of benzene rings is 2. The van der Waals surface area contributed by atoms with Crippen LogP contribution in [0.25, 0.3) is 0 Å². The second-order valence-electron chi connectivity index (χ2n) is 10.7. The van der Waals surface area contributed by atoms with Crippen molar-refractivity contribution in [3.63, 3.8) is 0 Å². The summed E-state index contributed by atoms with van der Waals surface area (Å²) in [4.78, 5) is 41.2. The average molecular weight is 498 g/mol. The van der Waals surface area contributed by atoms with Crippen LogP contribution in [0.15, 0.2) is 42.5 Å². The Morgan fingerprint density at radius 1 is 0.917 bits per heavy atom. The highest BCUT2D eigenvalue weighted by atomic mass is 16.6. The Morgan fingerprint density at radius 3 is 1.94 bits per heavy atom. The Balaban J connectivity index is 2.48. The minimum absolute atomic E-state index is 0.316. The number of carbonyl (C=O) groups excluding carboxylic acids is 3. The predicted octanol–water partition coefficient (Wildman–Crippen LogP) is 5.14. The van der Waals surface area contributed by atoms with Crippen molar-refractivity contribution in [1.29, 1.82) is 0 Å². The third-order valence-corrected chi connectivity index (χ3v) is 5.45. The van der Waals surface area contributed by atoms with E-state index in [9.17, 15) is 14.4 Å². The maximum atomic E-state index is 13.8. The molecule has 2 aromatic rings. The summed E-state index contributed by atoms with van der Waals surface area (Å²) >= 11 is 0. The molecule has 2 rings (SSSR count). The van der Waals surface area contributed by atoms with Gasteiger partial charge >= 0.3 is 6.09 Å². The van der Waals surface area contributed by atoms with Crippen molar-refractivity contribution in [2.24, 2.45) is 0 Å². The van der Waals surface area contributed by atoms with Crippen LogP contribution in [-0.4, -0.2) is 47.6 Å². The zero-order chi connectivity index (χ0) is 27.3. The van der Waals surface area contributed by atoms with Gasteiger partial charge in [-0.2, -0.15) is 0 Å². The van der Waals surface area contributed by atoms with Crippen LogP contribution in [0.3, 0.4) is 0 Å². The van der Waals surface area contributed by atoms with Gasteiger partial charge in [-0.25, -0.2) is 4.79 Å². The van der Waals surface area contributed by atoms with Crippen LogP contribution in [0.2, 0.25) is 0 Å². The second kappa shape index (κ2) is 11.5. The largest absolute Gasteiger partial charge is 0.497 e. The van der Waals surface area contributed by atoms with Crippen molar-refractivity contribution < 1.29 is 23.9 Å². The zero-order valence-corrected chi connectivity index (χ0v) is 22.8. The van der Waals surface area contributed by atoms with Gasteiger partial charge in [0.05, 0.1) is 7.11 Å². The van der Waals surface area contributed by atoms with E-state index >= 15 is 0 Å². The van der Waals surface area contributed by atoms with Crippen molar-refractivity contribution in [3.8, 4) is 5.75 Å². The Bertz CT molecular complexity index is 1060. The summed E-state index contributed by atoms with van der Waals surface area (Å²) in [6.07, 6.45) is -0.698. The molecule has 0 aromatic heterocycles. The number of ether oxygens (including phenoxy) is 2. The molecule has 0 saturated carbocycles. The Morgan fingerprint density at radius 2 is 1.47 bits per heavy atom. The van der Waals surface area contributed by atoms with E-state index in [2.05, 4.69) is 10.6 Å². The van der Waals surface area contributed by atoms with E-state index in [1.54, 1.807) is 52.1 Å². The van der Waals surface area contributed by atoms with Crippen molar-refractivity contribution >= 4 is 23.6 Å². The van der Waals surface area contributed by atoms with Crippen molar-refractivity contribution in [1.82, 2.24) is 10.2 Å². The summed E-state index contributed by atoms with van der Waals surface area (Å²) in [6.45, 7) is 14.3. The molecule has 36 heavy (non-hydrogen) atoms. The van der Waals surface area contributed by atoms with E-state index in [1.807, 2.05) is 52.8 Å². The molecule has 0 bridgehead atoms. The maximum Gasteiger partial charge on any atom is 0.408 e. The van der Waals surface area contributed by atoms with Gasteiger partial charge in [-0.3, -0.25) is 9.59 Å². The lowest BCUT2D eigenvalue weighted by Gasteiger charge is -2.42. The first-order valence-corrected chi connectivity index (χ1v) is 11.9. The molecular formula is C28H39N3O5. The van der Waals surface area contributed by atoms with Gasteiger partial charge in [0.25, 0.3) is 5.91 Å². The highest BCUT2D eigenvalue weighted by Gasteiger charge is 2.40. The van der Waals surface area contributed by atoms with E-state index in [-0.39, 0.29) is 12.5 Å². The molecule has 0 heterocycles. The van der Waals surface area contributed by atoms with Gasteiger partial charge < -0.3 is 25.0 Å². The summed E-state index contributed by atoms with van der Waals surface area (Å²) in [6, 6.07) is 11.8. The topological polar surface area (TPSA) is 97.0 Å². The van der Waals surface area contributed by atoms with E-state index in [0.717, 1.165) is 16.7 Å². The fourth-order valence-corrected chi connectivity index (χ4v) is 3.97. The fourth-order valence-electron chi connectivity index (χ4n) is 3.97. The summed E-state index contributed by atoms with van der Waals surface area (Å²) in [5.41, 5.74) is 1.63. The van der Waals surface area contributed by atoms with Crippen LogP contribution in [0.4, 0.5) is 10.5 Å². The molecule has 2 N–H and O–H groups in total. The summed E-state index contributed by atoms with van der Waals surface area (Å²) in [5.74, 6) is -0.108. The quantitative estimate of drug-likeness (QED) is 0.552. The molecule has 196 valence electrons. The molecule has 0 aliphatic rings. The monoisotopic (exact) mass is 497 g/mol. The summed E-state index contributed by atoms with van der Waals surface area (Å²) < 4.78 is 10.5. The minimum Gasteiger partial charge on any atom is -0.497 e. The van der Waals surface area contributed by atoms with Crippen molar-refractivity contribution in [3.05, 3.63) is 59.2 Å². The van der Waals surface area contributed by atoms with Crippen molar-refractivity contribution in [2.75, 3.05) is 19.0 Å². The van der Waals surface area contributed by atoms with Crippen LogP contribution in [0.5, 0.6) is 5.75 Å². The fraction of sp³-hybridized carbons (Fsp3) is 0.464. The average Bonchev–Trinajstić information content (AvgIpc) is 2.75. The van der Waals surface area contributed by atoms with Gasteiger partial charge in [-0.05, 0) is 96.3 Å². The third kappa shape index (κ3) is 7.73. The molecule has 0 spiro atoms. The third-order valence-electron chi connectivity index (χ3n) is 5.45. The maximum absolute atomic E-state index is 13.8. The number of hydrogen-bond acceptors (Lipinski definition) is 5. The number of methoxy groups -OCH3 is 1. The lowest BCUT2D eigenvalue weighted by Crippen LogP contribution is -2.54. The van der Waals surface area contributed by atoms with Gasteiger partial charge in [0.1, 0.15) is 23.9 Å². The van der Waals surface area contributed by atoms with Crippen LogP contribution in [0, 0.1) is 13.8 Å². The minimum atomic E-state index is -0.943. The number of aryl methyl sites for hydroxylation is 2. The molecule has 8 heteroatoms. The second-order valence-corrected chi connectivity index (χ2v) is 10.7. The molecule has 0 aliphatic heterocycles. The highest BCUT2D eigenvalue weighted by Crippen LogP contribution is 2.34. The number of rotatable bonds is 7. The molecule has 3 amide bonds. The molecule has 8 nitrogen and oxygen atoms in total. The van der Waals surface area contributed by atoms with E-state index < -0.39 is 29.2 Å². The van der Waals surface area contributed by atoms with Gasteiger partial charge in [0.2, 0.25) is 5.91 Å². The highest BCUT2D eigenvalue weighted by molar-refractivity contribution is 5.99. The smallest absolute Gasteiger partial charge is 0.408 e. The predicted molar refractivity (Wildman–Crippen MR) is 141 cm³/mol. The Hall–Kier alpha value is -3.55. The summed E-state index contributed by atoms with van der Waals surface area (Å²) in [5, 5.41) is 5.48. The zero-order valence-electron chi connectivity index (χ0n) is 22.8. The van der Waals surface area contributed by atoms with Gasteiger partial charge in [-0.15, -0.1) is 0 Å². The number of amides is 3. The number of hydrogen-bond donors (Lipinski definition) is 2. The van der Waals surface area contributed by atoms with Gasteiger partial charge in [-0.1, -0.05) is 18.2 Å². The van der Waals surface area contributed by atoms with E-state index in [4.69, 9.17) is 9.47 Å². The normalized spacial score (nSPS) is 12.4. The SMILES string of the molecule is COc1ccc(NC(=O)C(c2c(C)cccc2C)N(C(=O)CNC(=O)OC(C)(C)C)C(C)(C)C)cc1. The molecule has 1 atom stereocenters. The van der Waals surface area contributed by atoms with Crippen molar-refractivity contribution in [2.45, 2.75) is 72.6 Å². The van der Waals surface area contributed by atoms with Crippen LogP contribution in [-0.2, 0) is 14.3 Å². The number of anilines is 1. The van der Waals surface area contributed by atoms with Crippen LogP contribution in [0.1, 0.15) is 64.3 Å². The molecule has 2 aromatic carbocycles. The first-order chi connectivity index (χ1) is 16.6. The van der Waals surface area contributed by atoms with Gasteiger partial charge in [0, 0.05) is 11.2 Å². The molecule has 0 radical (unpaired) electrons. The number of alkyl carbamates (subject to hydrolysis) is 1. The molecular weight excluding hydrogens is 458 g/mol. The molecule has 0 fully saturated rings. The number of carbonyl (C=O) groups is 3. The lowest BCUT2D eigenvalue weighted by molar-refractivity contribution is -0.144. The van der Waals surface area contributed by atoms with Gasteiger partial charge in [0.15, 0.2) is 0 Å². The Labute approximate surface area is 214 Å². The molecule has 0 aliphatic carbocycles. The number of nitrogens with zero attached hydrogens (tertiary/aromatic N) is 1.